The number of rotatable bonds is 8. The van der Waals surface area contributed by atoms with Crippen molar-refractivity contribution in [1.82, 2.24) is 10.6 Å². The van der Waals surface area contributed by atoms with Crippen molar-refractivity contribution >= 4 is 18.0 Å². The number of aliphatic carboxylic acids is 1. The Balaban J connectivity index is 1.16. The van der Waals surface area contributed by atoms with Crippen molar-refractivity contribution in [2.24, 2.45) is 11.3 Å². The van der Waals surface area contributed by atoms with Crippen LogP contribution in [0.15, 0.2) is 48.5 Å². The number of nitrogens with one attached hydrogen (secondary N) is 2. The van der Waals surface area contributed by atoms with Gasteiger partial charge in [0.1, 0.15) is 6.61 Å². The molecule has 2 aromatic rings. The molecule has 2 aliphatic carbocycles. The minimum atomic E-state index is -0.849. The molecule has 0 bridgehead atoms. The molecule has 3 N–H and O–H groups in total. The van der Waals surface area contributed by atoms with Crippen LogP contribution in [0, 0.1) is 11.3 Å². The normalized spacial score (nSPS) is 21.9. The summed E-state index contributed by atoms with van der Waals surface area (Å²) in [6.45, 7) is 0.947. The third-order valence-electron chi connectivity index (χ3n) is 7.64. The predicted molar refractivity (Wildman–Crippen MR) is 128 cm³/mol. The number of amides is 2. The van der Waals surface area contributed by atoms with Crippen LogP contribution in [0.4, 0.5) is 4.79 Å². The van der Waals surface area contributed by atoms with Gasteiger partial charge in [-0.15, -0.1) is 0 Å². The third kappa shape index (κ3) is 4.75. The largest absolute Gasteiger partial charge is 0.481 e. The van der Waals surface area contributed by atoms with Gasteiger partial charge in [0.25, 0.3) is 0 Å². The van der Waals surface area contributed by atoms with E-state index in [9.17, 15) is 19.5 Å². The molecule has 1 aliphatic heterocycles. The summed E-state index contributed by atoms with van der Waals surface area (Å²) < 4.78 is 11.1. The Morgan fingerprint density at radius 1 is 1.00 bits per heavy atom. The molecular weight excluding hydrogens is 448 g/mol. The first kappa shape index (κ1) is 23.4. The topological polar surface area (TPSA) is 114 Å². The third-order valence-corrected chi connectivity index (χ3v) is 7.64. The van der Waals surface area contributed by atoms with E-state index in [0.717, 1.165) is 41.5 Å². The van der Waals surface area contributed by atoms with E-state index >= 15 is 0 Å². The molecule has 0 aromatic heterocycles. The van der Waals surface area contributed by atoms with Crippen molar-refractivity contribution in [2.45, 2.75) is 37.6 Å². The molecule has 8 nitrogen and oxygen atoms in total. The molecule has 184 valence electrons. The lowest BCUT2D eigenvalue weighted by atomic mass is 9.66. The summed E-state index contributed by atoms with van der Waals surface area (Å²) >= 11 is 0. The van der Waals surface area contributed by atoms with Crippen LogP contribution in [-0.4, -0.2) is 55.5 Å². The number of hydrogen-bond acceptors (Lipinski definition) is 5. The number of benzene rings is 2. The predicted octanol–water partition coefficient (Wildman–Crippen LogP) is 3.30. The molecule has 2 amide bonds. The molecule has 1 heterocycles. The standard InChI is InChI=1S/C27H30N2O6/c30-24(31)12-27(10-5-11-27)16-28-25(32)22-13-34-15-23(22)29-26(33)35-14-21-19-8-3-1-6-17(19)18-7-2-4-9-20(18)21/h1-4,6-9,21-23H,5,10-16H2,(H,28,32)(H,29,33)(H,30,31). The van der Waals surface area contributed by atoms with E-state index in [-0.39, 0.29) is 43.5 Å². The smallest absolute Gasteiger partial charge is 0.407 e. The number of carboxylic acids is 1. The van der Waals surface area contributed by atoms with Crippen LogP contribution < -0.4 is 10.6 Å². The Morgan fingerprint density at radius 3 is 2.26 bits per heavy atom. The fraction of sp³-hybridized carbons (Fsp3) is 0.444. The number of fused-ring (bicyclic) bond motifs is 3. The first-order chi connectivity index (χ1) is 17.0. The summed E-state index contributed by atoms with van der Waals surface area (Å²) in [6, 6.07) is 15.8. The zero-order valence-corrected chi connectivity index (χ0v) is 19.5. The molecule has 5 rings (SSSR count). The van der Waals surface area contributed by atoms with E-state index in [1.165, 1.54) is 0 Å². The fourth-order valence-electron chi connectivity index (χ4n) is 5.57. The van der Waals surface area contributed by atoms with E-state index in [4.69, 9.17) is 9.47 Å². The number of carboxylic acid groups (broad SMARTS) is 1. The van der Waals surface area contributed by atoms with Gasteiger partial charge in [0, 0.05) is 12.5 Å². The van der Waals surface area contributed by atoms with Crippen molar-refractivity contribution in [2.75, 3.05) is 26.4 Å². The zero-order valence-electron chi connectivity index (χ0n) is 19.5. The van der Waals surface area contributed by atoms with Crippen LogP contribution in [0.25, 0.3) is 11.1 Å². The van der Waals surface area contributed by atoms with Crippen molar-refractivity contribution in [1.29, 1.82) is 0 Å². The zero-order chi connectivity index (χ0) is 24.4. The lowest BCUT2D eigenvalue weighted by Gasteiger charge is -2.41. The second-order valence-electron chi connectivity index (χ2n) is 9.86. The highest BCUT2D eigenvalue weighted by Crippen LogP contribution is 2.45. The van der Waals surface area contributed by atoms with E-state index in [1.807, 2.05) is 24.3 Å². The minimum Gasteiger partial charge on any atom is -0.481 e. The highest BCUT2D eigenvalue weighted by Gasteiger charge is 2.41. The lowest BCUT2D eigenvalue weighted by Crippen LogP contribution is -2.50. The molecule has 2 unspecified atom stereocenters. The van der Waals surface area contributed by atoms with Crippen molar-refractivity contribution in [3.05, 3.63) is 59.7 Å². The maximum Gasteiger partial charge on any atom is 0.407 e. The van der Waals surface area contributed by atoms with Crippen LogP contribution in [0.5, 0.6) is 0 Å². The summed E-state index contributed by atoms with van der Waals surface area (Å²) in [5.41, 5.74) is 4.22. The molecule has 35 heavy (non-hydrogen) atoms. The Bertz CT molecular complexity index is 1080. The van der Waals surface area contributed by atoms with E-state index in [0.29, 0.717) is 6.54 Å². The average molecular weight is 479 g/mol. The summed E-state index contributed by atoms with van der Waals surface area (Å²) in [5.74, 6) is -1.67. The summed E-state index contributed by atoms with van der Waals surface area (Å²) in [4.78, 5) is 36.7. The summed E-state index contributed by atoms with van der Waals surface area (Å²) in [6.07, 6.45) is 2.03. The first-order valence-corrected chi connectivity index (χ1v) is 12.1. The van der Waals surface area contributed by atoms with Gasteiger partial charge >= 0.3 is 12.1 Å². The highest BCUT2D eigenvalue weighted by atomic mass is 16.5. The maximum absolute atomic E-state index is 12.8. The maximum atomic E-state index is 12.8. The SMILES string of the molecule is O=C(O)CC1(CNC(=O)C2COCC2NC(=O)OCC2c3ccccc3-c3ccccc32)CCC1. The Labute approximate surface area is 204 Å². The minimum absolute atomic E-state index is 0.0417. The van der Waals surface area contributed by atoms with Gasteiger partial charge in [0.2, 0.25) is 5.91 Å². The van der Waals surface area contributed by atoms with Crippen LogP contribution in [0.2, 0.25) is 0 Å². The first-order valence-electron chi connectivity index (χ1n) is 12.1. The van der Waals surface area contributed by atoms with Gasteiger partial charge < -0.3 is 25.2 Å². The van der Waals surface area contributed by atoms with Gasteiger partial charge in [-0.05, 0) is 40.5 Å². The van der Waals surface area contributed by atoms with Crippen molar-refractivity contribution < 1.29 is 29.0 Å². The highest BCUT2D eigenvalue weighted by molar-refractivity contribution is 5.81. The van der Waals surface area contributed by atoms with Crippen LogP contribution >= 0.6 is 0 Å². The van der Waals surface area contributed by atoms with Gasteiger partial charge in [-0.2, -0.15) is 0 Å². The quantitative estimate of drug-likeness (QED) is 0.537. The number of hydrogen-bond donors (Lipinski definition) is 3. The van der Waals surface area contributed by atoms with Gasteiger partial charge in [0.05, 0.1) is 31.6 Å². The number of ether oxygens (including phenoxy) is 2. The second kappa shape index (κ2) is 9.70. The van der Waals surface area contributed by atoms with Crippen LogP contribution in [-0.2, 0) is 19.1 Å². The summed E-state index contributed by atoms with van der Waals surface area (Å²) in [7, 11) is 0. The van der Waals surface area contributed by atoms with E-state index in [2.05, 4.69) is 34.9 Å². The molecule has 8 heteroatoms. The average Bonchev–Trinajstić information content (AvgIpc) is 3.41. The van der Waals surface area contributed by atoms with Crippen molar-refractivity contribution in [3.63, 3.8) is 0 Å². The monoisotopic (exact) mass is 478 g/mol. The Morgan fingerprint density at radius 2 is 1.66 bits per heavy atom. The second-order valence-corrected chi connectivity index (χ2v) is 9.86. The lowest BCUT2D eigenvalue weighted by molar-refractivity contribution is -0.142. The molecule has 2 fully saturated rings. The molecular formula is C27H30N2O6. The molecule has 0 radical (unpaired) electrons. The molecule has 1 saturated carbocycles. The molecule has 0 spiro atoms. The van der Waals surface area contributed by atoms with Crippen LogP contribution in [0.1, 0.15) is 42.7 Å². The molecule has 1 saturated heterocycles. The number of carbonyl (C=O) groups excluding carboxylic acids is 2. The van der Waals surface area contributed by atoms with Gasteiger partial charge in [-0.3, -0.25) is 9.59 Å². The molecule has 2 atom stereocenters. The van der Waals surface area contributed by atoms with E-state index in [1.54, 1.807) is 0 Å². The van der Waals surface area contributed by atoms with Gasteiger partial charge in [-0.25, -0.2) is 4.79 Å². The van der Waals surface area contributed by atoms with E-state index < -0.39 is 24.0 Å². The molecule has 2 aromatic carbocycles. The fourth-order valence-corrected chi connectivity index (χ4v) is 5.57. The Kier molecular flexibility index (Phi) is 6.47. The Hall–Kier alpha value is -3.39. The van der Waals surface area contributed by atoms with Crippen molar-refractivity contribution in [3.8, 4) is 11.1 Å². The van der Waals surface area contributed by atoms with Crippen LogP contribution in [0.3, 0.4) is 0 Å². The van der Waals surface area contributed by atoms with Gasteiger partial charge in [-0.1, -0.05) is 55.0 Å². The number of alkyl carbamates (subject to hydrolysis) is 1. The van der Waals surface area contributed by atoms with Gasteiger partial charge in [0.15, 0.2) is 0 Å². The number of carbonyl (C=O) groups is 3. The summed E-state index contributed by atoms with van der Waals surface area (Å²) in [5, 5.41) is 14.9. The molecule has 3 aliphatic rings.